The predicted octanol–water partition coefficient (Wildman–Crippen LogP) is 5.93. The number of benzene rings is 1. The van der Waals surface area contributed by atoms with Crippen LogP contribution in [0.2, 0.25) is 0 Å². The van der Waals surface area contributed by atoms with Gasteiger partial charge in [-0.15, -0.1) is 21.5 Å². The van der Waals surface area contributed by atoms with E-state index in [4.69, 9.17) is 19.6 Å². The minimum absolute atomic E-state index is 0.0288. The molecule has 5 aromatic heterocycles. The van der Waals surface area contributed by atoms with Crippen LogP contribution in [0.15, 0.2) is 67.0 Å². The molecule has 0 aliphatic carbocycles. The lowest BCUT2D eigenvalue weighted by Gasteiger charge is -2.33. The standard InChI is InChI=1S/C32H27F2N7O3S/c1-4-27(42)40-8-9-41-24(18(40)2)15-23(38-41)31-29(28-22(34)13-20(33)14-25(28)44-11-10-43-3)32-21(7-12-45-32)30(36-31)19-5-6-26-37-35-17-39(26)16-19/h4-7,12-18H,1,8-11H2,2-3H3/t18-/m1/s1. The molecule has 7 rings (SSSR count). The first-order chi connectivity index (χ1) is 21.9. The Balaban J connectivity index is 1.50. The molecule has 1 amide bonds. The number of thiophene rings is 1. The number of pyridine rings is 2. The lowest BCUT2D eigenvalue weighted by molar-refractivity contribution is -0.129. The van der Waals surface area contributed by atoms with E-state index in [1.165, 1.54) is 30.6 Å². The summed E-state index contributed by atoms with van der Waals surface area (Å²) in [6.07, 6.45) is 4.79. The molecule has 228 valence electrons. The van der Waals surface area contributed by atoms with Gasteiger partial charge in [0.25, 0.3) is 0 Å². The van der Waals surface area contributed by atoms with Crippen LogP contribution in [0.1, 0.15) is 18.7 Å². The van der Waals surface area contributed by atoms with Gasteiger partial charge >= 0.3 is 0 Å². The molecule has 0 bridgehead atoms. The van der Waals surface area contributed by atoms with Crippen LogP contribution in [0.3, 0.4) is 0 Å². The Morgan fingerprint density at radius 3 is 2.82 bits per heavy atom. The maximum atomic E-state index is 16.0. The van der Waals surface area contributed by atoms with Gasteiger partial charge in [-0.2, -0.15) is 5.10 Å². The van der Waals surface area contributed by atoms with Crippen LogP contribution in [0.4, 0.5) is 8.78 Å². The smallest absolute Gasteiger partial charge is 0.246 e. The van der Waals surface area contributed by atoms with E-state index < -0.39 is 11.6 Å². The maximum Gasteiger partial charge on any atom is 0.246 e. The molecule has 1 aromatic carbocycles. The SMILES string of the molecule is C=CC(=O)N1CCn2nc(-c3nc(-c4ccc5nncn5c4)c4ccsc4c3-c3c(F)cc(F)cc3OCCOC)cc2[C@H]1C. The fraction of sp³-hybridized carbons (Fsp3) is 0.219. The van der Waals surface area contributed by atoms with Crippen LogP contribution >= 0.6 is 11.3 Å². The van der Waals surface area contributed by atoms with E-state index in [-0.39, 0.29) is 36.5 Å². The molecule has 6 heterocycles. The lowest BCUT2D eigenvalue weighted by atomic mass is 9.96. The highest BCUT2D eigenvalue weighted by atomic mass is 32.1. The Kier molecular flexibility index (Phi) is 7.34. The summed E-state index contributed by atoms with van der Waals surface area (Å²) in [4.78, 5) is 19.5. The third-order valence-electron chi connectivity index (χ3n) is 7.95. The molecule has 0 saturated carbocycles. The van der Waals surface area contributed by atoms with Crippen molar-refractivity contribution in [3.8, 4) is 39.5 Å². The number of ether oxygens (including phenoxy) is 2. The van der Waals surface area contributed by atoms with Crippen molar-refractivity contribution >= 4 is 33.0 Å². The third kappa shape index (κ3) is 4.93. The molecule has 0 fully saturated rings. The summed E-state index contributed by atoms with van der Waals surface area (Å²) in [5.41, 5.74) is 4.29. The van der Waals surface area contributed by atoms with E-state index in [9.17, 15) is 9.18 Å². The number of rotatable bonds is 8. The van der Waals surface area contributed by atoms with Crippen LogP contribution in [-0.2, 0) is 16.1 Å². The molecule has 0 unspecified atom stereocenters. The zero-order valence-corrected chi connectivity index (χ0v) is 25.2. The summed E-state index contributed by atoms with van der Waals surface area (Å²) in [6.45, 7) is 6.80. The molecule has 13 heteroatoms. The maximum absolute atomic E-state index is 16.0. The van der Waals surface area contributed by atoms with E-state index in [2.05, 4.69) is 16.8 Å². The summed E-state index contributed by atoms with van der Waals surface area (Å²) in [7, 11) is 1.52. The number of carbonyl (C=O) groups is 1. The third-order valence-corrected chi connectivity index (χ3v) is 8.88. The Morgan fingerprint density at radius 2 is 2.00 bits per heavy atom. The van der Waals surface area contributed by atoms with Crippen molar-refractivity contribution < 1.29 is 23.0 Å². The molecule has 1 atom stereocenters. The van der Waals surface area contributed by atoms with Crippen molar-refractivity contribution in [3.63, 3.8) is 0 Å². The number of methoxy groups -OCH3 is 1. The summed E-state index contributed by atoms with van der Waals surface area (Å²) in [5.74, 6) is -1.70. The second-order valence-electron chi connectivity index (χ2n) is 10.6. The Hall–Kier alpha value is -5.01. The first kappa shape index (κ1) is 28.7. The van der Waals surface area contributed by atoms with Gasteiger partial charge in [0.15, 0.2) is 5.65 Å². The van der Waals surface area contributed by atoms with E-state index in [0.29, 0.717) is 41.4 Å². The Labute approximate surface area is 260 Å². The minimum Gasteiger partial charge on any atom is -0.490 e. The van der Waals surface area contributed by atoms with Crippen molar-refractivity contribution in [3.05, 3.63) is 84.3 Å². The largest absolute Gasteiger partial charge is 0.490 e. The molecule has 1 aliphatic rings. The molecule has 1 aliphatic heterocycles. The summed E-state index contributed by atoms with van der Waals surface area (Å²) in [5, 5.41) is 15.7. The predicted molar refractivity (Wildman–Crippen MR) is 166 cm³/mol. The monoisotopic (exact) mass is 627 g/mol. The lowest BCUT2D eigenvalue weighted by Crippen LogP contribution is -2.40. The van der Waals surface area contributed by atoms with E-state index >= 15 is 4.39 Å². The summed E-state index contributed by atoms with van der Waals surface area (Å²) < 4.78 is 46.0. The zero-order chi connectivity index (χ0) is 31.2. The number of aromatic nitrogens is 6. The molecule has 10 nitrogen and oxygen atoms in total. The van der Waals surface area contributed by atoms with Crippen LogP contribution in [0.5, 0.6) is 5.75 Å². The topological polar surface area (TPSA) is 99.7 Å². The van der Waals surface area contributed by atoms with Gasteiger partial charge < -0.3 is 14.4 Å². The number of hydrogen-bond donors (Lipinski definition) is 0. The Bertz CT molecular complexity index is 2100. The number of fused-ring (bicyclic) bond motifs is 3. The van der Waals surface area contributed by atoms with E-state index in [1.807, 2.05) is 47.4 Å². The van der Waals surface area contributed by atoms with Crippen LogP contribution in [0.25, 0.3) is 49.5 Å². The van der Waals surface area contributed by atoms with E-state index in [0.717, 1.165) is 27.4 Å². The number of carbonyl (C=O) groups excluding carboxylic acids is 1. The second-order valence-corrected chi connectivity index (χ2v) is 11.5. The van der Waals surface area contributed by atoms with Gasteiger partial charge in [-0.3, -0.25) is 13.9 Å². The number of hydrogen-bond acceptors (Lipinski definition) is 8. The highest BCUT2D eigenvalue weighted by Crippen LogP contribution is 2.47. The molecule has 6 aromatic rings. The van der Waals surface area contributed by atoms with Crippen molar-refractivity contribution in [1.29, 1.82) is 0 Å². The van der Waals surface area contributed by atoms with Gasteiger partial charge in [0.05, 0.1) is 36.1 Å². The molecule has 0 saturated heterocycles. The summed E-state index contributed by atoms with van der Waals surface area (Å²) in [6, 6.07) is 9.28. The van der Waals surface area contributed by atoms with Gasteiger partial charge in [-0.1, -0.05) is 6.58 Å². The average molecular weight is 628 g/mol. The van der Waals surface area contributed by atoms with Gasteiger partial charge in [-0.25, -0.2) is 13.8 Å². The van der Waals surface area contributed by atoms with Crippen molar-refractivity contribution in [2.45, 2.75) is 19.5 Å². The number of halogens is 2. The minimum atomic E-state index is -0.793. The number of nitrogens with zero attached hydrogens (tertiary/aromatic N) is 7. The molecule has 0 radical (unpaired) electrons. The first-order valence-electron chi connectivity index (χ1n) is 14.2. The second kappa shape index (κ2) is 11.5. The van der Waals surface area contributed by atoms with Crippen molar-refractivity contribution in [2.24, 2.45) is 0 Å². The molecule has 0 spiro atoms. The Morgan fingerprint density at radius 1 is 1.13 bits per heavy atom. The molecular weight excluding hydrogens is 600 g/mol. The van der Waals surface area contributed by atoms with Crippen molar-refractivity contribution in [2.75, 3.05) is 26.9 Å². The van der Waals surface area contributed by atoms with Gasteiger partial charge in [0.1, 0.15) is 41.7 Å². The fourth-order valence-electron chi connectivity index (χ4n) is 5.81. The van der Waals surface area contributed by atoms with Gasteiger partial charge in [0, 0.05) is 53.2 Å². The fourth-order valence-corrected chi connectivity index (χ4v) is 6.76. The van der Waals surface area contributed by atoms with Crippen LogP contribution in [0, 0.1) is 11.6 Å². The molecular formula is C32H27F2N7O3S. The molecule has 45 heavy (non-hydrogen) atoms. The highest BCUT2D eigenvalue weighted by Gasteiger charge is 2.31. The van der Waals surface area contributed by atoms with Gasteiger partial charge in [-0.05, 0) is 42.6 Å². The quantitative estimate of drug-likeness (QED) is 0.152. The van der Waals surface area contributed by atoms with Crippen LogP contribution in [-0.4, -0.2) is 67.0 Å². The number of amides is 1. The van der Waals surface area contributed by atoms with Gasteiger partial charge in [0.2, 0.25) is 5.91 Å². The normalized spacial score (nSPS) is 14.7. The zero-order valence-electron chi connectivity index (χ0n) is 24.4. The van der Waals surface area contributed by atoms with E-state index in [1.54, 1.807) is 15.6 Å². The average Bonchev–Trinajstić information content (AvgIpc) is 3.80. The van der Waals surface area contributed by atoms with Crippen LogP contribution < -0.4 is 4.74 Å². The first-order valence-corrected chi connectivity index (χ1v) is 15.1. The van der Waals surface area contributed by atoms with Crippen molar-refractivity contribution in [1.82, 2.24) is 34.3 Å². The molecule has 0 N–H and O–H groups in total. The highest BCUT2D eigenvalue weighted by molar-refractivity contribution is 7.18. The summed E-state index contributed by atoms with van der Waals surface area (Å²) >= 11 is 1.41.